The first kappa shape index (κ1) is 21.0. The fourth-order valence-corrected chi connectivity index (χ4v) is 4.19. The zero-order chi connectivity index (χ0) is 20.5. The number of carbonyl (C=O) groups excluding carboxylic acids is 1. The average Bonchev–Trinajstić information content (AvgIpc) is 2.77. The normalized spacial score (nSPS) is 10.4. The van der Waals surface area contributed by atoms with Crippen LogP contribution in [0, 0.1) is 0 Å². The summed E-state index contributed by atoms with van der Waals surface area (Å²) in [4.78, 5) is 22.2. The van der Waals surface area contributed by atoms with Gasteiger partial charge in [0.15, 0.2) is 0 Å². The Hall–Kier alpha value is -2.71. The predicted molar refractivity (Wildman–Crippen MR) is 115 cm³/mol. The van der Waals surface area contributed by atoms with E-state index in [1.54, 1.807) is 32.7 Å². The lowest BCUT2D eigenvalue weighted by molar-refractivity contribution is -0.118. The summed E-state index contributed by atoms with van der Waals surface area (Å²) in [5.74, 6) is 1.54. The smallest absolute Gasteiger partial charge is 0.230 e. The Bertz CT molecular complexity index is 933. The molecule has 0 radical (unpaired) electrons. The molecule has 3 rings (SSSR count). The van der Waals surface area contributed by atoms with Crippen LogP contribution in [-0.4, -0.2) is 35.8 Å². The van der Waals surface area contributed by atoms with E-state index in [2.05, 4.69) is 15.3 Å². The lowest BCUT2D eigenvalue weighted by Gasteiger charge is -2.10. The molecule has 0 saturated carbocycles. The van der Waals surface area contributed by atoms with Crippen LogP contribution in [0.2, 0.25) is 0 Å². The number of aromatic nitrogens is 2. The predicted octanol–water partition coefficient (Wildman–Crippen LogP) is 4.05. The molecule has 6 nitrogen and oxygen atoms in total. The number of amides is 1. The van der Waals surface area contributed by atoms with Crippen LogP contribution in [-0.2, 0) is 11.3 Å². The van der Waals surface area contributed by atoms with Crippen molar-refractivity contribution in [3.05, 3.63) is 66.5 Å². The Balaban J connectivity index is 1.56. The second-order valence-electron chi connectivity index (χ2n) is 5.87. The van der Waals surface area contributed by atoms with E-state index in [0.717, 1.165) is 20.5 Å². The first-order valence-electron chi connectivity index (χ1n) is 8.83. The van der Waals surface area contributed by atoms with Crippen LogP contribution in [0.15, 0.2) is 75.9 Å². The van der Waals surface area contributed by atoms with Crippen LogP contribution in [0.5, 0.6) is 11.5 Å². The lowest BCUT2D eigenvalue weighted by atomic mass is 10.2. The summed E-state index contributed by atoms with van der Waals surface area (Å²) in [5.41, 5.74) is 0.902. The zero-order valence-corrected chi connectivity index (χ0v) is 17.8. The molecule has 1 heterocycles. The summed E-state index contributed by atoms with van der Waals surface area (Å²) in [7, 11) is 3.19. The van der Waals surface area contributed by atoms with Gasteiger partial charge in [0.05, 0.1) is 20.0 Å². The molecule has 3 aromatic rings. The number of ether oxygens (including phenoxy) is 2. The van der Waals surface area contributed by atoms with E-state index in [0.29, 0.717) is 18.0 Å². The van der Waals surface area contributed by atoms with Gasteiger partial charge >= 0.3 is 0 Å². The maximum atomic E-state index is 12.3. The molecule has 1 amide bonds. The van der Waals surface area contributed by atoms with Crippen molar-refractivity contribution in [2.45, 2.75) is 21.5 Å². The van der Waals surface area contributed by atoms with Crippen LogP contribution in [0.4, 0.5) is 0 Å². The van der Waals surface area contributed by atoms with E-state index >= 15 is 0 Å². The van der Waals surface area contributed by atoms with E-state index in [9.17, 15) is 4.79 Å². The molecule has 29 heavy (non-hydrogen) atoms. The summed E-state index contributed by atoms with van der Waals surface area (Å²) in [6, 6.07) is 15.5. The Morgan fingerprint density at radius 2 is 1.62 bits per heavy atom. The van der Waals surface area contributed by atoms with Crippen LogP contribution in [0.1, 0.15) is 5.56 Å². The maximum absolute atomic E-state index is 12.3. The first-order valence-corrected chi connectivity index (χ1v) is 10.6. The molecule has 0 spiro atoms. The topological polar surface area (TPSA) is 73.3 Å². The lowest BCUT2D eigenvalue weighted by Crippen LogP contribution is -2.24. The van der Waals surface area contributed by atoms with Crippen molar-refractivity contribution in [1.82, 2.24) is 15.3 Å². The highest BCUT2D eigenvalue weighted by molar-refractivity contribution is 8.02. The van der Waals surface area contributed by atoms with Crippen molar-refractivity contribution < 1.29 is 14.3 Å². The standard InChI is InChI=1S/C21H21N3O3S2/c1-26-16-10-15(11-17(12-16)27-2)13-24-19(25)14-28-20-21(23-9-8-22-20)29-18-6-4-3-5-7-18/h3-12H,13-14H2,1-2H3,(H,24,25). The Morgan fingerprint density at radius 1 is 0.966 bits per heavy atom. The molecule has 0 atom stereocenters. The molecule has 0 unspecified atom stereocenters. The Morgan fingerprint density at radius 3 is 2.28 bits per heavy atom. The summed E-state index contributed by atoms with van der Waals surface area (Å²) >= 11 is 2.90. The molecular weight excluding hydrogens is 406 g/mol. The van der Waals surface area contributed by atoms with Gasteiger partial charge in [0, 0.05) is 29.9 Å². The third-order valence-electron chi connectivity index (χ3n) is 3.83. The van der Waals surface area contributed by atoms with Crippen molar-refractivity contribution >= 4 is 29.4 Å². The molecule has 0 aliphatic heterocycles. The monoisotopic (exact) mass is 427 g/mol. The minimum atomic E-state index is -0.0851. The summed E-state index contributed by atoms with van der Waals surface area (Å²) in [6.07, 6.45) is 3.30. The second-order valence-corrected chi connectivity index (χ2v) is 7.89. The molecule has 150 valence electrons. The van der Waals surface area contributed by atoms with Crippen molar-refractivity contribution in [2.24, 2.45) is 0 Å². The minimum Gasteiger partial charge on any atom is -0.497 e. The van der Waals surface area contributed by atoms with Gasteiger partial charge in [0.1, 0.15) is 21.6 Å². The summed E-state index contributed by atoms with van der Waals surface area (Å²) in [6.45, 7) is 0.388. The molecular formula is C21H21N3O3S2. The second kappa shape index (κ2) is 10.7. The highest BCUT2D eigenvalue weighted by atomic mass is 32.2. The van der Waals surface area contributed by atoms with Crippen molar-refractivity contribution in [2.75, 3.05) is 20.0 Å². The Labute approximate surface area is 178 Å². The number of benzene rings is 2. The number of methoxy groups -OCH3 is 2. The number of hydrogen-bond donors (Lipinski definition) is 1. The van der Waals surface area contributed by atoms with E-state index in [4.69, 9.17) is 9.47 Å². The van der Waals surface area contributed by atoms with Gasteiger partial charge in [-0.1, -0.05) is 41.7 Å². The van der Waals surface area contributed by atoms with Crippen LogP contribution >= 0.6 is 23.5 Å². The van der Waals surface area contributed by atoms with Crippen molar-refractivity contribution in [3.8, 4) is 11.5 Å². The molecule has 1 aromatic heterocycles. The van der Waals surface area contributed by atoms with Gasteiger partial charge in [-0.05, 0) is 29.8 Å². The summed E-state index contributed by atoms with van der Waals surface area (Å²) < 4.78 is 10.5. The third kappa shape index (κ3) is 6.40. The number of rotatable bonds is 9. The van der Waals surface area contributed by atoms with Crippen LogP contribution < -0.4 is 14.8 Å². The van der Waals surface area contributed by atoms with Gasteiger partial charge in [-0.15, -0.1) is 0 Å². The number of thioether (sulfide) groups is 1. The van der Waals surface area contributed by atoms with E-state index in [1.807, 2.05) is 42.5 Å². The number of nitrogens with one attached hydrogen (secondary N) is 1. The minimum absolute atomic E-state index is 0.0851. The molecule has 0 aliphatic carbocycles. The number of nitrogens with zero attached hydrogens (tertiary/aromatic N) is 2. The van der Waals surface area contributed by atoms with E-state index < -0.39 is 0 Å². The van der Waals surface area contributed by atoms with Gasteiger partial charge in [0.2, 0.25) is 5.91 Å². The zero-order valence-electron chi connectivity index (χ0n) is 16.1. The van der Waals surface area contributed by atoms with E-state index in [1.165, 1.54) is 23.5 Å². The molecule has 2 aromatic carbocycles. The molecule has 0 aliphatic rings. The van der Waals surface area contributed by atoms with Crippen LogP contribution in [0.3, 0.4) is 0 Å². The van der Waals surface area contributed by atoms with Gasteiger partial charge in [-0.3, -0.25) is 4.79 Å². The fraction of sp³-hybridized carbons (Fsp3) is 0.190. The van der Waals surface area contributed by atoms with Crippen molar-refractivity contribution in [3.63, 3.8) is 0 Å². The summed E-state index contributed by atoms with van der Waals surface area (Å²) in [5, 5.41) is 4.44. The fourth-order valence-electron chi connectivity index (χ4n) is 2.44. The number of carbonyl (C=O) groups is 1. The molecule has 1 N–H and O–H groups in total. The quantitative estimate of drug-likeness (QED) is 0.516. The SMILES string of the molecule is COc1cc(CNC(=O)CSc2nccnc2Sc2ccccc2)cc(OC)c1. The molecule has 0 bridgehead atoms. The van der Waals surface area contributed by atoms with Gasteiger partial charge < -0.3 is 14.8 Å². The number of hydrogen-bond acceptors (Lipinski definition) is 7. The molecule has 8 heteroatoms. The highest BCUT2D eigenvalue weighted by Gasteiger charge is 2.11. The van der Waals surface area contributed by atoms with Gasteiger partial charge in [-0.25, -0.2) is 9.97 Å². The molecule has 0 fully saturated rings. The van der Waals surface area contributed by atoms with Crippen LogP contribution in [0.25, 0.3) is 0 Å². The molecule has 0 saturated heterocycles. The highest BCUT2D eigenvalue weighted by Crippen LogP contribution is 2.32. The average molecular weight is 428 g/mol. The van der Waals surface area contributed by atoms with Gasteiger partial charge in [-0.2, -0.15) is 0 Å². The Kier molecular flexibility index (Phi) is 7.77. The first-order chi connectivity index (χ1) is 14.2. The van der Waals surface area contributed by atoms with Crippen molar-refractivity contribution in [1.29, 1.82) is 0 Å². The van der Waals surface area contributed by atoms with Gasteiger partial charge in [0.25, 0.3) is 0 Å². The maximum Gasteiger partial charge on any atom is 0.230 e. The third-order valence-corrected chi connectivity index (χ3v) is 5.94. The van der Waals surface area contributed by atoms with E-state index in [-0.39, 0.29) is 11.7 Å². The largest absolute Gasteiger partial charge is 0.497 e.